The molecule has 0 heterocycles. The molecular weight excluding hydrogens is 244 g/mol. The molecule has 0 radical (unpaired) electrons. The largest absolute Gasteiger partial charge is 0.480 e. The van der Waals surface area contributed by atoms with Gasteiger partial charge in [0.05, 0.1) is 0 Å². The van der Waals surface area contributed by atoms with E-state index in [1.807, 2.05) is 6.92 Å². The van der Waals surface area contributed by atoms with E-state index in [1.165, 1.54) is 4.90 Å². The second kappa shape index (κ2) is 8.05. The SMILES string of the molecule is CCN(CC(=O)O)C(=O)NCCC(C)S(C)=O. The number of hydrogen-bond donors (Lipinski definition) is 2. The minimum atomic E-state index is -1.04. The molecule has 2 amide bonds. The highest BCUT2D eigenvalue weighted by molar-refractivity contribution is 7.84. The summed E-state index contributed by atoms with van der Waals surface area (Å²) in [6, 6.07) is -0.399. The summed E-state index contributed by atoms with van der Waals surface area (Å²) < 4.78 is 11.1. The van der Waals surface area contributed by atoms with Gasteiger partial charge in [0.1, 0.15) is 6.54 Å². The number of rotatable bonds is 7. The Hall–Kier alpha value is -1.11. The predicted octanol–water partition coefficient (Wildman–Crippen LogP) is 0.260. The first-order valence-corrected chi connectivity index (χ1v) is 7.07. The van der Waals surface area contributed by atoms with Crippen molar-refractivity contribution in [2.45, 2.75) is 25.5 Å². The number of nitrogens with zero attached hydrogens (tertiary/aromatic N) is 1. The Balaban J connectivity index is 3.98. The van der Waals surface area contributed by atoms with Crippen LogP contribution in [0.5, 0.6) is 0 Å². The number of urea groups is 1. The number of likely N-dealkylation sites (N-methyl/N-ethyl adjacent to an activating group) is 1. The highest BCUT2D eigenvalue weighted by Crippen LogP contribution is 1.98. The van der Waals surface area contributed by atoms with E-state index < -0.39 is 22.8 Å². The third-order valence-electron chi connectivity index (χ3n) is 2.39. The lowest BCUT2D eigenvalue weighted by molar-refractivity contribution is -0.137. The van der Waals surface area contributed by atoms with Gasteiger partial charge >= 0.3 is 12.0 Å². The molecule has 2 atom stereocenters. The molecule has 0 saturated heterocycles. The summed E-state index contributed by atoms with van der Waals surface area (Å²) in [5.74, 6) is -1.04. The fraction of sp³-hybridized carbons (Fsp3) is 0.800. The third-order valence-corrected chi connectivity index (χ3v) is 3.76. The fourth-order valence-electron chi connectivity index (χ4n) is 1.15. The van der Waals surface area contributed by atoms with E-state index >= 15 is 0 Å². The highest BCUT2D eigenvalue weighted by atomic mass is 32.2. The van der Waals surface area contributed by atoms with Gasteiger partial charge in [0.25, 0.3) is 0 Å². The minimum Gasteiger partial charge on any atom is -0.480 e. The van der Waals surface area contributed by atoms with Crippen molar-refractivity contribution < 1.29 is 18.9 Å². The lowest BCUT2D eigenvalue weighted by Gasteiger charge is -2.19. The first-order valence-electron chi connectivity index (χ1n) is 5.45. The van der Waals surface area contributed by atoms with Crippen molar-refractivity contribution in [2.24, 2.45) is 0 Å². The molecule has 6 nitrogen and oxygen atoms in total. The Morgan fingerprint density at radius 1 is 1.47 bits per heavy atom. The number of carbonyl (C=O) groups excluding carboxylic acids is 1. The van der Waals surface area contributed by atoms with Gasteiger partial charge in [-0.25, -0.2) is 4.79 Å². The van der Waals surface area contributed by atoms with Gasteiger partial charge in [-0.2, -0.15) is 0 Å². The van der Waals surface area contributed by atoms with Gasteiger partial charge in [-0.15, -0.1) is 0 Å². The number of nitrogens with one attached hydrogen (secondary N) is 1. The van der Waals surface area contributed by atoms with E-state index in [1.54, 1.807) is 13.2 Å². The fourth-order valence-corrected chi connectivity index (χ4v) is 1.60. The van der Waals surface area contributed by atoms with Gasteiger partial charge in [-0.1, -0.05) is 6.92 Å². The molecule has 0 bridgehead atoms. The van der Waals surface area contributed by atoms with Crippen molar-refractivity contribution >= 4 is 22.8 Å². The van der Waals surface area contributed by atoms with Crippen LogP contribution in [0.2, 0.25) is 0 Å². The molecule has 0 aliphatic carbocycles. The molecule has 100 valence electrons. The molecule has 0 aromatic rings. The van der Waals surface area contributed by atoms with Crippen molar-refractivity contribution in [1.29, 1.82) is 0 Å². The van der Waals surface area contributed by atoms with Gasteiger partial charge in [-0.3, -0.25) is 9.00 Å². The number of carboxylic acids is 1. The number of aliphatic carboxylic acids is 1. The normalized spacial score (nSPS) is 13.8. The lowest BCUT2D eigenvalue weighted by Crippen LogP contribution is -2.43. The van der Waals surface area contributed by atoms with E-state index in [9.17, 15) is 13.8 Å². The number of hydrogen-bond acceptors (Lipinski definition) is 3. The van der Waals surface area contributed by atoms with Crippen molar-refractivity contribution in [3.8, 4) is 0 Å². The summed E-state index contributed by atoms with van der Waals surface area (Å²) in [4.78, 5) is 23.2. The van der Waals surface area contributed by atoms with Crippen LogP contribution in [0.4, 0.5) is 4.79 Å². The molecular formula is C10H20N2O4S. The van der Waals surface area contributed by atoms with Crippen LogP contribution in [-0.2, 0) is 15.6 Å². The Morgan fingerprint density at radius 3 is 2.47 bits per heavy atom. The molecule has 0 fully saturated rings. The highest BCUT2D eigenvalue weighted by Gasteiger charge is 2.14. The molecule has 0 aliphatic heterocycles. The second-order valence-corrected chi connectivity index (χ2v) is 5.54. The zero-order valence-electron chi connectivity index (χ0n) is 10.4. The van der Waals surface area contributed by atoms with Crippen molar-refractivity contribution in [2.75, 3.05) is 25.9 Å². The Kier molecular flexibility index (Phi) is 7.53. The van der Waals surface area contributed by atoms with Crippen LogP contribution >= 0.6 is 0 Å². The molecule has 0 saturated carbocycles. The third kappa shape index (κ3) is 6.93. The summed E-state index contributed by atoms with van der Waals surface area (Å²) in [6.07, 6.45) is 2.23. The van der Waals surface area contributed by atoms with Crippen LogP contribution in [0.15, 0.2) is 0 Å². The number of amides is 2. The molecule has 7 heteroatoms. The smallest absolute Gasteiger partial charge is 0.323 e. The average Bonchev–Trinajstić information content (AvgIpc) is 2.24. The summed E-state index contributed by atoms with van der Waals surface area (Å²) >= 11 is 0. The summed E-state index contributed by atoms with van der Waals surface area (Å²) in [7, 11) is -0.906. The molecule has 17 heavy (non-hydrogen) atoms. The lowest BCUT2D eigenvalue weighted by atomic mass is 10.3. The van der Waals surface area contributed by atoms with E-state index in [0.717, 1.165) is 0 Å². The molecule has 0 aromatic heterocycles. The summed E-state index contributed by atoms with van der Waals surface area (Å²) in [6.45, 7) is 3.99. The average molecular weight is 264 g/mol. The maximum Gasteiger partial charge on any atom is 0.323 e. The number of carboxylic acid groups (broad SMARTS) is 1. The van der Waals surface area contributed by atoms with Crippen molar-refractivity contribution in [1.82, 2.24) is 10.2 Å². The van der Waals surface area contributed by atoms with Gasteiger partial charge in [0.2, 0.25) is 0 Å². The van der Waals surface area contributed by atoms with Crippen molar-refractivity contribution in [3.05, 3.63) is 0 Å². The van der Waals surface area contributed by atoms with E-state index in [4.69, 9.17) is 5.11 Å². The van der Waals surface area contributed by atoms with Gasteiger partial charge in [0, 0.05) is 35.4 Å². The van der Waals surface area contributed by atoms with E-state index in [0.29, 0.717) is 19.5 Å². The minimum absolute atomic E-state index is 0.0184. The summed E-state index contributed by atoms with van der Waals surface area (Å²) in [5, 5.41) is 11.2. The first kappa shape index (κ1) is 15.9. The molecule has 0 aliphatic rings. The first-order chi connectivity index (χ1) is 7.88. The zero-order chi connectivity index (χ0) is 13.4. The van der Waals surface area contributed by atoms with Gasteiger partial charge < -0.3 is 15.3 Å². The van der Waals surface area contributed by atoms with Crippen molar-refractivity contribution in [3.63, 3.8) is 0 Å². The molecule has 0 aromatic carbocycles. The molecule has 0 spiro atoms. The van der Waals surface area contributed by atoms with Crippen LogP contribution in [0.1, 0.15) is 20.3 Å². The van der Waals surface area contributed by atoms with Crippen LogP contribution in [0, 0.1) is 0 Å². The Morgan fingerprint density at radius 2 is 2.06 bits per heavy atom. The maximum atomic E-state index is 11.5. The predicted molar refractivity (Wildman–Crippen MR) is 66.4 cm³/mol. The van der Waals surface area contributed by atoms with E-state index in [2.05, 4.69) is 5.32 Å². The standard InChI is InChI=1S/C10H20N2O4S/c1-4-12(7-9(13)14)10(15)11-6-5-8(2)17(3)16/h8H,4-7H2,1-3H3,(H,11,15)(H,13,14). The van der Waals surface area contributed by atoms with Gasteiger partial charge in [-0.05, 0) is 13.3 Å². The molecule has 0 rings (SSSR count). The summed E-state index contributed by atoms with van der Waals surface area (Å²) in [5.41, 5.74) is 0. The number of carbonyl (C=O) groups is 2. The Labute approximate surface area is 104 Å². The van der Waals surface area contributed by atoms with Crippen LogP contribution in [0.25, 0.3) is 0 Å². The second-order valence-electron chi connectivity index (χ2n) is 3.74. The molecule has 2 N–H and O–H groups in total. The topological polar surface area (TPSA) is 86.7 Å². The maximum absolute atomic E-state index is 11.5. The quantitative estimate of drug-likeness (QED) is 0.690. The van der Waals surface area contributed by atoms with E-state index in [-0.39, 0.29) is 11.8 Å². The van der Waals surface area contributed by atoms with Crippen LogP contribution in [-0.4, -0.2) is 57.4 Å². The molecule has 2 unspecified atom stereocenters. The van der Waals surface area contributed by atoms with Gasteiger partial charge in [0.15, 0.2) is 0 Å². The monoisotopic (exact) mass is 264 g/mol. The van der Waals surface area contributed by atoms with Crippen LogP contribution in [0.3, 0.4) is 0 Å². The Bertz CT molecular complexity index is 296. The zero-order valence-corrected chi connectivity index (χ0v) is 11.2. The van der Waals surface area contributed by atoms with Crippen LogP contribution < -0.4 is 5.32 Å².